The zero-order valence-corrected chi connectivity index (χ0v) is 25.8. The van der Waals surface area contributed by atoms with Crippen molar-refractivity contribution >= 4 is 41.1 Å². The number of thioether (sulfide) groups is 1. The van der Waals surface area contributed by atoms with Crippen LogP contribution in [0.15, 0.2) is 114 Å². The molecule has 5 rings (SSSR count). The van der Waals surface area contributed by atoms with E-state index in [1.54, 1.807) is 11.8 Å². The van der Waals surface area contributed by atoms with Gasteiger partial charge in [-0.25, -0.2) is 4.79 Å². The summed E-state index contributed by atoms with van der Waals surface area (Å²) in [7, 11) is 0. The lowest BCUT2D eigenvalue weighted by Crippen LogP contribution is -2.47. The number of hydrogen-bond donors (Lipinski definition) is 4. The van der Waals surface area contributed by atoms with Crippen molar-refractivity contribution in [3.05, 3.63) is 131 Å². The molecule has 0 bridgehead atoms. The monoisotopic (exact) mass is 629 g/mol. The number of aryl methyl sites for hydroxylation is 1. The average molecular weight is 630 g/mol. The van der Waals surface area contributed by atoms with E-state index in [1.165, 1.54) is 0 Å². The first-order valence-electron chi connectivity index (χ1n) is 14.7. The highest BCUT2D eigenvalue weighted by atomic mass is 35.5. The van der Waals surface area contributed by atoms with Gasteiger partial charge in [0.1, 0.15) is 6.04 Å². The highest BCUT2D eigenvalue weighted by molar-refractivity contribution is 7.99. The van der Waals surface area contributed by atoms with Crippen LogP contribution in [-0.4, -0.2) is 54.2 Å². The Bertz CT molecular complexity index is 1490. The predicted octanol–water partition coefficient (Wildman–Crippen LogP) is 6.83. The molecular formula is C35H36ClN3O4S. The van der Waals surface area contributed by atoms with Gasteiger partial charge in [0.15, 0.2) is 0 Å². The Kier molecular flexibility index (Phi) is 11.3. The summed E-state index contributed by atoms with van der Waals surface area (Å²) in [5.74, 6) is -0.131. The van der Waals surface area contributed by atoms with E-state index in [4.69, 9.17) is 16.3 Å². The van der Waals surface area contributed by atoms with Gasteiger partial charge < -0.3 is 25.8 Å². The molecule has 4 aromatic rings. The lowest BCUT2D eigenvalue weighted by molar-refractivity contribution is -0.118. The Morgan fingerprint density at radius 3 is 2.23 bits per heavy atom. The van der Waals surface area contributed by atoms with Crippen molar-refractivity contribution in [2.75, 3.05) is 24.2 Å². The number of hydrogen-bond acceptors (Lipinski definition) is 5. The van der Waals surface area contributed by atoms with Gasteiger partial charge >= 0.3 is 6.09 Å². The van der Waals surface area contributed by atoms with Gasteiger partial charge in [-0.1, -0.05) is 96.5 Å². The molecule has 0 aliphatic carbocycles. The van der Waals surface area contributed by atoms with Crippen LogP contribution >= 0.6 is 23.4 Å². The first-order chi connectivity index (χ1) is 21.5. The molecule has 4 aromatic carbocycles. The second kappa shape index (κ2) is 15.8. The molecule has 1 saturated heterocycles. The van der Waals surface area contributed by atoms with Crippen LogP contribution in [0.25, 0.3) is 0 Å². The van der Waals surface area contributed by atoms with Crippen molar-refractivity contribution in [3.63, 3.8) is 0 Å². The van der Waals surface area contributed by atoms with E-state index >= 15 is 0 Å². The normalized spacial score (nSPS) is 17.1. The first-order valence-corrected chi connectivity index (χ1v) is 16.1. The Morgan fingerprint density at radius 1 is 0.886 bits per heavy atom. The number of nitrogens with one attached hydrogen (secondary N) is 3. The molecule has 3 atom stereocenters. The summed E-state index contributed by atoms with van der Waals surface area (Å²) in [6, 6.07) is 33.4. The van der Waals surface area contributed by atoms with Crippen molar-refractivity contribution in [1.29, 1.82) is 0 Å². The molecule has 1 unspecified atom stereocenters. The molecule has 1 aliphatic heterocycles. The van der Waals surface area contributed by atoms with E-state index in [1.807, 2.05) is 109 Å². The molecule has 44 heavy (non-hydrogen) atoms. The van der Waals surface area contributed by atoms with Crippen molar-refractivity contribution in [3.8, 4) is 0 Å². The summed E-state index contributed by atoms with van der Waals surface area (Å²) in [6.07, 6.45) is 0.295. The van der Waals surface area contributed by atoms with Gasteiger partial charge in [-0.05, 0) is 53.8 Å². The first kappa shape index (κ1) is 31.6. The third-order valence-corrected chi connectivity index (χ3v) is 8.94. The molecule has 1 fully saturated rings. The van der Waals surface area contributed by atoms with E-state index in [9.17, 15) is 14.7 Å². The highest BCUT2D eigenvalue weighted by Gasteiger charge is 2.33. The van der Waals surface area contributed by atoms with E-state index in [0.29, 0.717) is 12.1 Å². The molecule has 9 heteroatoms. The number of benzene rings is 4. The molecule has 1 aliphatic rings. The van der Waals surface area contributed by atoms with E-state index < -0.39 is 24.0 Å². The molecular weight excluding hydrogens is 594 g/mol. The molecule has 4 N–H and O–H groups in total. The fourth-order valence-corrected chi connectivity index (χ4v) is 6.72. The van der Waals surface area contributed by atoms with Gasteiger partial charge in [-0.2, -0.15) is 0 Å². The molecule has 0 saturated carbocycles. The van der Waals surface area contributed by atoms with E-state index in [2.05, 4.69) is 16.0 Å². The van der Waals surface area contributed by atoms with Crippen LogP contribution in [0.4, 0.5) is 10.5 Å². The number of halogens is 1. The van der Waals surface area contributed by atoms with Crippen LogP contribution in [-0.2, 0) is 16.0 Å². The van der Waals surface area contributed by atoms with Crippen molar-refractivity contribution in [2.24, 2.45) is 0 Å². The lowest BCUT2D eigenvalue weighted by atomic mass is 9.84. The fraction of sp³-hybridized carbons (Fsp3) is 0.257. The third-order valence-electron chi connectivity index (χ3n) is 7.58. The number of rotatable bonds is 12. The number of carboxylic acid groups (broad SMARTS) is 1. The quantitative estimate of drug-likeness (QED) is 0.128. The van der Waals surface area contributed by atoms with E-state index in [-0.39, 0.29) is 12.2 Å². The van der Waals surface area contributed by atoms with Gasteiger partial charge in [0.2, 0.25) is 5.91 Å². The Hall–Kier alpha value is -3.82. The van der Waals surface area contributed by atoms with Crippen LogP contribution in [0.3, 0.4) is 0 Å². The average Bonchev–Trinajstić information content (AvgIpc) is 3.04. The van der Waals surface area contributed by atoms with Gasteiger partial charge in [-0.3, -0.25) is 4.79 Å². The summed E-state index contributed by atoms with van der Waals surface area (Å²) >= 11 is 7.86. The van der Waals surface area contributed by atoms with Crippen LogP contribution in [0.2, 0.25) is 5.02 Å². The highest BCUT2D eigenvalue weighted by Crippen LogP contribution is 2.30. The second-order valence-corrected chi connectivity index (χ2v) is 12.2. The number of para-hydroxylation sites is 1. The fourth-order valence-electron chi connectivity index (χ4n) is 5.51. The smallest absolute Gasteiger partial charge is 0.405 e. The molecule has 2 amide bonds. The largest absolute Gasteiger partial charge is 0.465 e. The number of amides is 2. The Balaban J connectivity index is 1.26. The molecule has 0 spiro atoms. The summed E-state index contributed by atoms with van der Waals surface area (Å²) in [5, 5.41) is 19.5. The van der Waals surface area contributed by atoms with E-state index in [0.717, 1.165) is 51.9 Å². The number of ether oxygens (including phenoxy) is 1. The predicted molar refractivity (Wildman–Crippen MR) is 177 cm³/mol. The summed E-state index contributed by atoms with van der Waals surface area (Å²) < 4.78 is 6.41. The van der Waals surface area contributed by atoms with Crippen LogP contribution in [0, 0.1) is 0 Å². The minimum Gasteiger partial charge on any atom is -0.465 e. The second-order valence-electron chi connectivity index (χ2n) is 10.7. The zero-order valence-electron chi connectivity index (χ0n) is 24.2. The topological polar surface area (TPSA) is 99.7 Å². The minimum atomic E-state index is -1.26. The number of morpholine rings is 1. The molecule has 0 radical (unpaired) electrons. The molecule has 7 nitrogen and oxygen atoms in total. The Labute approximate surface area is 267 Å². The maximum Gasteiger partial charge on any atom is 0.405 e. The number of carbonyl (C=O) groups is 2. The number of carbonyl (C=O) groups excluding carboxylic acids is 1. The van der Waals surface area contributed by atoms with Gasteiger partial charge in [-0.15, -0.1) is 11.8 Å². The van der Waals surface area contributed by atoms with Gasteiger partial charge in [0, 0.05) is 40.4 Å². The van der Waals surface area contributed by atoms with Crippen LogP contribution in [0.1, 0.15) is 29.0 Å². The molecule has 228 valence electrons. The summed E-state index contributed by atoms with van der Waals surface area (Å²) in [5.41, 5.74) is 3.30. The van der Waals surface area contributed by atoms with Crippen molar-refractivity contribution in [2.45, 2.75) is 41.9 Å². The minimum absolute atomic E-state index is 0.0273. The summed E-state index contributed by atoms with van der Waals surface area (Å²) in [4.78, 5) is 26.9. The van der Waals surface area contributed by atoms with Crippen LogP contribution in [0.5, 0.6) is 0 Å². The van der Waals surface area contributed by atoms with Crippen LogP contribution < -0.4 is 16.0 Å². The molecule has 1 heterocycles. The van der Waals surface area contributed by atoms with Crippen molar-refractivity contribution in [1.82, 2.24) is 10.6 Å². The Morgan fingerprint density at radius 2 is 1.55 bits per heavy atom. The maximum absolute atomic E-state index is 13.9. The van der Waals surface area contributed by atoms with Gasteiger partial charge in [0.25, 0.3) is 0 Å². The van der Waals surface area contributed by atoms with Gasteiger partial charge in [0.05, 0.1) is 12.2 Å². The molecule has 0 aromatic heterocycles. The maximum atomic E-state index is 13.9. The third kappa shape index (κ3) is 8.86. The van der Waals surface area contributed by atoms with Crippen molar-refractivity contribution < 1.29 is 19.4 Å². The zero-order chi connectivity index (χ0) is 30.7. The number of anilines is 1. The SMILES string of the molecule is O=C(O)NC(C(=O)Nc1ccccc1CC[C@@H]1CNC[C@@H](CSc2cccc(Cl)c2)O1)C(c1ccccc1)c1ccccc1. The lowest BCUT2D eigenvalue weighted by Gasteiger charge is -2.31. The standard InChI is InChI=1S/C35H36ClN3O4S/c36-27-15-9-16-30(20-27)44-23-29-22-37-21-28(43-29)19-18-24-10-7-8-17-31(24)38-34(40)33(39-35(41)42)32(25-11-3-1-4-12-25)26-13-5-2-6-14-26/h1-17,20,28-29,32-33,37,39H,18-19,21-23H2,(H,38,40)(H,41,42)/t28-,29+,33?/m1/s1. The summed E-state index contributed by atoms with van der Waals surface area (Å²) in [6.45, 7) is 1.55.